The number of hydrogen-bond acceptors (Lipinski definition) is 4. The van der Waals surface area contributed by atoms with Crippen LogP contribution >= 0.6 is 0 Å². The third-order valence-electron chi connectivity index (χ3n) is 4.52. The smallest absolute Gasteiger partial charge is 0.191 e. The average Bonchev–Trinajstić information content (AvgIpc) is 3.13. The van der Waals surface area contributed by atoms with Gasteiger partial charge < -0.3 is 19.8 Å². The van der Waals surface area contributed by atoms with Gasteiger partial charge in [0, 0.05) is 38.6 Å². The van der Waals surface area contributed by atoms with Crippen molar-refractivity contribution in [3.05, 3.63) is 36.3 Å². The quantitative estimate of drug-likeness (QED) is 0.401. The first-order valence-electron chi connectivity index (χ1n) is 9.57. The first-order valence-corrected chi connectivity index (χ1v) is 9.57. The Morgan fingerprint density at radius 2 is 2.08 bits per heavy atom. The molecular weight excluding hydrogens is 328 g/mol. The molecule has 0 bridgehead atoms. The Hall–Kier alpha value is -1.79. The van der Waals surface area contributed by atoms with Gasteiger partial charge in [0.15, 0.2) is 5.96 Å². The van der Waals surface area contributed by atoms with E-state index < -0.39 is 0 Å². The molecule has 0 spiro atoms. The second-order valence-corrected chi connectivity index (χ2v) is 7.22. The molecule has 2 rings (SSSR count). The van der Waals surface area contributed by atoms with Crippen LogP contribution in [0.1, 0.15) is 26.5 Å². The van der Waals surface area contributed by atoms with E-state index in [2.05, 4.69) is 36.0 Å². The fourth-order valence-electron chi connectivity index (χ4n) is 3.01. The van der Waals surface area contributed by atoms with E-state index in [1.165, 1.54) is 0 Å². The van der Waals surface area contributed by atoms with Gasteiger partial charge in [-0.15, -0.1) is 0 Å². The zero-order valence-electron chi connectivity index (χ0n) is 16.5. The molecule has 2 heterocycles. The van der Waals surface area contributed by atoms with E-state index in [1.807, 2.05) is 19.1 Å². The highest BCUT2D eigenvalue weighted by molar-refractivity contribution is 5.80. The lowest BCUT2D eigenvalue weighted by molar-refractivity contribution is 0.00867. The van der Waals surface area contributed by atoms with Gasteiger partial charge in [0.1, 0.15) is 5.76 Å². The minimum atomic E-state index is 0.424. The Kier molecular flexibility index (Phi) is 8.71. The molecule has 1 aliphatic rings. The van der Waals surface area contributed by atoms with Crippen molar-refractivity contribution in [3.63, 3.8) is 0 Å². The lowest BCUT2D eigenvalue weighted by Crippen LogP contribution is -2.48. The highest BCUT2D eigenvalue weighted by Crippen LogP contribution is 2.13. The van der Waals surface area contributed by atoms with Gasteiger partial charge in [0.25, 0.3) is 0 Å². The molecule has 1 aliphatic heterocycles. The molecule has 6 heteroatoms. The predicted molar refractivity (Wildman–Crippen MR) is 107 cm³/mol. The third kappa shape index (κ3) is 7.22. The minimum Gasteiger partial charge on any atom is -0.469 e. The summed E-state index contributed by atoms with van der Waals surface area (Å²) in [5, 5.41) is 6.77. The lowest BCUT2D eigenvalue weighted by atomic mass is 10.0. The summed E-state index contributed by atoms with van der Waals surface area (Å²) >= 11 is 0. The summed E-state index contributed by atoms with van der Waals surface area (Å²) in [5.41, 5.74) is 1.08. The topological polar surface area (TPSA) is 62.0 Å². The first kappa shape index (κ1) is 20.5. The Morgan fingerprint density at radius 3 is 2.69 bits per heavy atom. The molecule has 1 saturated heterocycles. The molecule has 1 aromatic rings. The Bertz CT molecular complexity index is 548. The molecule has 1 fully saturated rings. The van der Waals surface area contributed by atoms with E-state index in [0.29, 0.717) is 12.0 Å². The number of hydrogen-bond donors (Lipinski definition) is 2. The Balaban J connectivity index is 1.92. The number of nitrogens with zero attached hydrogens (tertiary/aromatic N) is 2. The van der Waals surface area contributed by atoms with Crippen molar-refractivity contribution < 1.29 is 9.15 Å². The molecule has 26 heavy (non-hydrogen) atoms. The maximum absolute atomic E-state index is 5.49. The van der Waals surface area contributed by atoms with Crippen molar-refractivity contribution in [2.45, 2.75) is 33.2 Å². The van der Waals surface area contributed by atoms with Crippen LogP contribution in [0.15, 0.2) is 40.0 Å². The van der Waals surface area contributed by atoms with Gasteiger partial charge in [-0.25, -0.2) is 0 Å². The summed E-state index contributed by atoms with van der Waals surface area (Å²) in [7, 11) is 0. The van der Waals surface area contributed by atoms with E-state index >= 15 is 0 Å². The fraction of sp³-hybridized carbons (Fsp3) is 0.650. The largest absolute Gasteiger partial charge is 0.469 e. The van der Waals surface area contributed by atoms with Crippen molar-refractivity contribution in [3.8, 4) is 0 Å². The van der Waals surface area contributed by atoms with Gasteiger partial charge in [-0.2, -0.15) is 0 Å². The monoisotopic (exact) mass is 362 g/mol. The predicted octanol–water partition coefficient (Wildman–Crippen LogP) is 2.29. The van der Waals surface area contributed by atoms with Gasteiger partial charge in [0.2, 0.25) is 0 Å². The van der Waals surface area contributed by atoms with E-state index in [-0.39, 0.29) is 0 Å². The summed E-state index contributed by atoms with van der Waals surface area (Å²) in [5.74, 6) is 2.35. The molecule has 0 aromatic carbocycles. The van der Waals surface area contributed by atoms with Crippen molar-refractivity contribution in [2.24, 2.45) is 10.9 Å². The molecule has 146 valence electrons. The summed E-state index contributed by atoms with van der Waals surface area (Å²) in [6.07, 6.45) is 2.54. The zero-order valence-corrected chi connectivity index (χ0v) is 16.5. The number of nitrogens with one attached hydrogen (secondary N) is 2. The standard InChI is InChI=1S/C20H34N4O2/c1-16(2)14-22-20(21-8-7-18-6-5-11-26-18)23-15-19(17(3)4)24-9-12-25-13-10-24/h5-6,11,17,19H,1,7-10,12-15H2,2-4H3,(H2,21,22,23). The van der Waals surface area contributed by atoms with Crippen molar-refractivity contribution >= 4 is 5.96 Å². The van der Waals surface area contributed by atoms with Crippen LogP contribution in [-0.2, 0) is 11.2 Å². The Morgan fingerprint density at radius 1 is 1.31 bits per heavy atom. The minimum absolute atomic E-state index is 0.424. The van der Waals surface area contributed by atoms with E-state index in [4.69, 9.17) is 14.1 Å². The van der Waals surface area contributed by atoms with Crippen molar-refractivity contribution in [1.29, 1.82) is 0 Å². The van der Waals surface area contributed by atoms with Crippen LogP contribution in [0, 0.1) is 5.92 Å². The molecule has 0 amide bonds. The molecule has 0 saturated carbocycles. The lowest BCUT2D eigenvalue weighted by Gasteiger charge is -2.36. The highest BCUT2D eigenvalue weighted by atomic mass is 16.5. The van der Waals surface area contributed by atoms with Crippen LogP contribution in [0.4, 0.5) is 0 Å². The second kappa shape index (κ2) is 11.0. The first-order chi connectivity index (χ1) is 12.6. The van der Waals surface area contributed by atoms with Gasteiger partial charge >= 0.3 is 0 Å². The summed E-state index contributed by atoms with van der Waals surface area (Å²) < 4.78 is 10.9. The Labute approximate surface area is 157 Å². The van der Waals surface area contributed by atoms with Crippen LogP contribution in [-0.4, -0.2) is 62.8 Å². The molecule has 2 N–H and O–H groups in total. The van der Waals surface area contributed by atoms with E-state index in [0.717, 1.165) is 69.7 Å². The van der Waals surface area contributed by atoms with Crippen LogP contribution in [0.3, 0.4) is 0 Å². The molecule has 0 aliphatic carbocycles. The maximum Gasteiger partial charge on any atom is 0.191 e. The molecule has 6 nitrogen and oxygen atoms in total. The molecule has 1 aromatic heterocycles. The van der Waals surface area contributed by atoms with Crippen LogP contribution in [0.5, 0.6) is 0 Å². The average molecular weight is 363 g/mol. The number of aliphatic imine (C=N–C) groups is 1. The SMILES string of the molecule is C=C(C)CNC(=NCC(C(C)C)N1CCOCC1)NCCc1ccco1. The summed E-state index contributed by atoms with van der Waals surface area (Å²) in [6.45, 7) is 16.4. The second-order valence-electron chi connectivity index (χ2n) is 7.22. The van der Waals surface area contributed by atoms with Gasteiger partial charge in [0.05, 0.1) is 26.0 Å². The number of ether oxygens (including phenoxy) is 1. The molecular formula is C20H34N4O2. The van der Waals surface area contributed by atoms with Crippen LogP contribution in [0.2, 0.25) is 0 Å². The summed E-state index contributed by atoms with van der Waals surface area (Å²) in [6, 6.07) is 4.33. The fourth-order valence-corrected chi connectivity index (χ4v) is 3.01. The molecule has 1 atom stereocenters. The van der Waals surface area contributed by atoms with E-state index in [1.54, 1.807) is 6.26 Å². The van der Waals surface area contributed by atoms with Gasteiger partial charge in [-0.3, -0.25) is 9.89 Å². The molecule has 0 radical (unpaired) electrons. The van der Waals surface area contributed by atoms with Crippen LogP contribution in [0.25, 0.3) is 0 Å². The van der Waals surface area contributed by atoms with Crippen molar-refractivity contribution in [2.75, 3.05) is 45.9 Å². The number of guanidine groups is 1. The number of morpholine rings is 1. The zero-order chi connectivity index (χ0) is 18.8. The normalized spacial score (nSPS) is 17.3. The number of furan rings is 1. The summed E-state index contributed by atoms with van der Waals surface area (Å²) in [4.78, 5) is 7.35. The van der Waals surface area contributed by atoms with Crippen LogP contribution < -0.4 is 10.6 Å². The third-order valence-corrected chi connectivity index (χ3v) is 4.52. The van der Waals surface area contributed by atoms with Gasteiger partial charge in [-0.1, -0.05) is 26.0 Å². The molecule has 1 unspecified atom stereocenters. The van der Waals surface area contributed by atoms with Gasteiger partial charge in [-0.05, 0) is 25.0 Å². The number of rotatable bonds is 9. The van der Waals surface area contributed by atoms with E-state index in [9.17, 15) is 0 Å². The highest BCUT2D eigenvalue weighted by Gasteiger charge is 2.23. The maximum atomic E-state index is 5.49. The van der Waals surface area contributed by atoms with Crippen molar-refractivity contribution in [1.82, 2.24) is 15.5 Å².